The fourth-order valence-electron chi connectivity index (χ4n) is 5.31. The van der Waals surface area contributed by atoms with Gasteiger partial charge in [-0.2, -0.15) is 0 Å². The van der Waals surface area contributed by atoms with E-state index in [1.165, 1.54) is 7.11 Å². The van der Waals surface area contributed by atoms with Crippen molar-refractivity contribution in [1.82, 2.24) is 4.98 Å². The van der Waals surface area contributed by atoms with E-state index in [1.54, 1.807) is 12.4 Å². The van der Waals surface area contributed by atoms with E-state index in [4.69, 9.17) is 9.47 Å². The number of ether oxygens (including phenoxy) is 2. The topological polar surface area (TPSA) is 65.5 Å². The van der Waals surface area contributed by atoms with Gasteiger partial charge in [0.05, 0.1) is 7.11 Å². The molecule has 136 valence electrons. The zero-order valence-electron chi connectivity index (χ0n) is 14.9. The van der Waals surface area contributed by atoms with Gasteiger partial charge in [0, 0.05) is 36.6 Å². The zero-order valence-corrected chi connectivity index (χ0v) is 14.9. The molecule has 0 amide bonds. The normalized spacial score (nSPS) is 33.9. The molecule has 3 aliphatic rings. The summed E-state index contributed by atoms with van der Waals surface area (Å²) in [5.74, 6) is -1.20. The molecule has 2 fully saturated rings. The lowest BCUT2D eigenvalue weighted by Gasteiger charge is -2.40. The van der Waals surface area contributed by atoms with E-state index in [0.717, 1.165) is 24.0 Å². The van der Waals surface area contributed by atoms with Crippen molar-refractivity contribution in [2.45, 2.75) is 37.2 Å². The van der Waals surface area contributed by atoms with E-state index in [9.17, 15) is 9.59 Å². The summed E-state index contributed by atoms with van der Waals surface area (Å²) in [6.45, 7) is 7.87. The Bertz CT molecular complexity index is 785. The maximum Gasteiger partial charge on any atom is 0.324 e. The third-order valence-corrected chi connectivity index (χ3v) is 6.70. The van der Waals surface area contributed by atoms with Crippen molar-refractivity contribution in [1.29, 1.82) is 0 Å². The molecule has 0 radical (unpaired) electrons. The molecule has 2 aliphatic carbocycles. The van der Waals surface area contributed by atoms with Gasteiger partial charge in [0.1, 0.15) is 5.60 Å². The summed E-state index contributed by atoms with van der Waals surface area (Å²) < 4.78 is 11.1. The summed E-state index contributed by atoms with van der Waals surface area (Å²) in [7, 11) is 1.33. The van der Waals surface area contributed by atoms with Gasteiger partial charge in [-0.15, -0.1) is 13.2 Å². The molecule has 5 heteroatoms. The van der Waals surface area contributed by atoms with Gasteiger partial charge in [-0.05, 0) is 36.5 Å². The summed E-state index contributed by atoms with van der Waals surface area (Å²) >= 11 is 0. The maximum absolute atomic E-state index is 13.2. The van der Waals surface area contributed by atoms with Crippen LogP contribution in [-0.4, -0.2) is 29.6 Å². The monoisotopic (exact) mass is 353 g/mol. The lowest BCUT2D eigenvalue weighted by molar-refractivity contribution is -0.167. The van der Waals surface area contributed by atoms with Crippen LogP contribution in [0.1, 0.15) is 36.3 Å². The van der Waals surface area contributed by atoms with Gasteiger partial charge in [0.25, 0.3) is 0 Å². The average Bonchev–Trinajstić information content (AvgIpc) is 3.12. The molecule has 1 aromatic rings. The quantitative estimate of drug-likeness (QED) is 0.473. The minimum Gasteiger partial charge on any atom is -0.468 e. The minimum absolute atomic E-state index is 0.0120. The predicted octanol–water partition coefficient (Wildman–Crippen LogP) is 2.96. The van der Waals surface area contributed by atoms with Crippen LogP contribution in [0.5, 0.6) is 0 Å². The molecule has 1 aromatic heterocycles. The lowest BCUT2D eigenvalue weighted by Crippen LogP contribution is -2.47. The van der Waals surface area contributed by atoms with Crippen molar-refractivity contribution < 1.29 is 19.1 Å². The molecule has 26 heavy (non-hydrogen) atoms. The van der Waals surface area contributed by atoms with Crippen LogP contribution in [0.4, 0.5) is 0 Å². The molecule has 4 atom stereocenters. The predicted molar refractivity (Wildman–Crippen MR) is 95.2 cm³/mol. The van der Waals surface area contributed by atoms with Gasteiger partial charge in [0.15, 0.2) is 5.41 Å². The number of carbonyl (C=O) groups is 2. The Morgan fingerprint density at radius 3 is 2.62 bits per heavy atom. The second kappa shape index (κ2) is 5.79. The smallest absolute Gasteiger partial charge is 0.324 e. The van der Waals surface area contributed by atoms with E-state index in [-0.39, 0.29) is 17.8 Å². The first-order chi connectivity index (χ1) is 12.5. The Balaban J connectivity index is 1.82. The van der Waals surface area contributed by atoms with Crippen LogP contribution in [0.25, 0.3) is 0 Å². The summed E-state index contributed by atoms with van der Waals surface area (Å²) in [5, 5.41) is 0. The number of hydrogen-bond acceptors (Lipinski definition) is 5. The third kappa shape index (κ3) is 1.94. The molecule has 0 aromatic carbocycles. The first-order valence-corrected chi connectivity index (χ1v) is 9.03. The third-order valence-electron chi connectivity index (χ3n) is 6.70. The highest BCUT2D eigenvalue weighted by molar-refractivity contribution is 6.03. The van der Waals surface area contributed by atoms with E-state index in [1.807, 2.05) is 18.2 Å². The second-order valence-corrected chi connectivity index (χ2v) is 7.58. The van der Waals surface area contributed by atoms with Crippen LogP contribution in [-0.2, 0) is 25.5 Å². The number of fused-ring (bicyclic) bond motifs is 1. The van der Waals surface area contributed by atoms with Crippen LogP contribution in [0, 0.1) is 17.3 Å². The van der Waals surface area contributed by atoms with Crippen molar-refractivity contribution in [3.05, 3.63) is 54.9 Å². The number of esters is 2. The second-order valence-electron chi connectivity index (χ2n) is 7.58. The summed E-state index contributed by atoms with van der Waals surface area (Å²) in [6, 6.07) is 1.89. The SMILES string of the molecule is C=C[C@@H]1CC[C@@H](C=C)C12C[C@@](C(=O)OC)(C1Cc3cnccc31)C(=O)O2. The van der Waals surface area contributed by atoms with E-state index < -0.39 is 23.0 Å². The highest BCUT2D eigenvalue weighted by Gasteiger charge is 2.70. The molecule has 1 saturated heterocycles. The fourth-order valence-corrected chi connectivity index (χ4v) is 5.31. The average molecular weight is 353 g/mol. The highest BCUT2D eigenvalue weighted by Crippen LogP contribution is 2.62. The van der Waals surface area contributed by atoms with Gasteiger partial charge in [-0.3, -0.25) is 14.6 Å². The Hall–Kier alpha value is -2.43. The lowest BCUT2D eigenvalue weighted by atomic mass is 9.59. The standard InChI is InChI=1S/C21H23NO4/c1-4-14-6-7-15(5-2)21(14)12-20(18(23)25-3,19(24)26-21)17-10-13-11-22-9-8-16(13)17/h4-5,8-9,11,14-15,17H,1-2,6-7,10,12H2,3H3/t14-,15-,17?,20+/m1/s1. The van der Waals surface area contributed by atoms with Gasteiger partial charge in [0.2, 0.25) is 0 Å². The number of hydrogen-bond donors (Lipinski definition) is 0. The number of methoxy groups -OCH3 is 1. The number of rotatable bonds is 4. The zero-order chi connectivity index (χ0) is 18.5. The Kier molecular flexibility index (Phi) is 3.79. The van der Waals surface area contributed by atoms with Crippen molar-refractivity contribution in [2.75, 3.05) is 7.11 Å². The molecule has 0 bridgehead atoms. The molecule has 5 nitrogen and oxygen atoms in total. The number of pyridine rings is 1. The van der Waals surface area contributed by atoms with Crippen molar-refractivity contribution >= 4 is 11.9 Å². The molecule has 2 heterocycles. The van der Waals surface area contributed by atoms with Gasteiger partial charge < -0.3 is 9.47 Å². The molecule has 1 aliphatic heterocycles. The highest BCUT2D eigenvalue weighted by atomic mass is 16.6. The van der Waals surface area contributed by atoms with Crippen molar-refractivity contribution in [3.8, 4) is 0 Å². The van der Waals surface area contributed by atoms with Crippen LogP contribution in [0.15, 0.2) is 43.8 Å². The molecular weight excluding hydrogens is 330 g/mol. The number of aromatic nitrogens is 1. The van der Waals surface area contributed by atoms with E-state index >= 15 is 0 Å². The first kappa shape index (κ1) is 17.0. The van der Waals surface area contributed by atoms with E-state index in [2.05, 4.69) is 18.1 Å². The largest absolute Gasteiger partial charge is 0.468 e. The summed E-state index contributed by atoms with van der Waals surface area (Å²) in [5.41, 5.74) is -0.00254. The van der Waals surface area contributed by atoms with Gasteiger partial charge >= 0.3 is 11.9 Å². The molecule has 1 unspecified atom stereocenters. The van der Waals surface area contributed by atoms with Gasteiger partial charge in [-0.25, -0.2) is 0 Å². The van der Waals surface area contributed by atoms with Crippen molar-refractivity contribution in [2.24, 2.45) is 17.3 Å². The number of carbonyl (C=O) groups excluding carboxylic acids is 2. The van der Waals surface area contributed by atoms with Crippen LogP contribution in [0.3, 0.4) is 0 Å². The Morgan fingerprint density at radius 1 is 1.35 bits per heavy atom. The fraction of sp³-hybridized carbons (Fsp3) is 0.476. The minimum atomic E-state index is -1.31. The van der Waals surface area contributed by atoms with E-state index in [0.29, 0.717) is 12.8 Å². The van der Waals surface area contributed by atoms with Gasteiger partial charge in [-0.1, -0.05) is 12.2 Å². The Labute approximate surface area is 153 Å². The summed E-state index contributed by atoms with van der Waals surface area (Å²) in [6.07, 6.45) is 9.87. The molecule has 0 N–H and O–H groups in total. The summed E-state index contributed by atoms with van der Waals surface area (Å²) in [4.78, 5) is 30.3. The molecule has 4 rings (SSSR count). The molecule has 1 spiro atoms. The maximum atomic E-state index is 13.2. The molecule has 1 saturated carbocycles. The number of nitrogens with zero attached hydrogens (tertiary/aromatic N) is 1. The van der Waals surface area contributed by atoms with Crippen LogP contribution < -0.4 is 0 Å². The molecular formula is C21H23NO4. The first-order valence-electron chi connectivity index (χ1n) is 9.03. The van der Waals surface area contributed by atoms with Crippen molar-refractivity contribution in [3.63, 3.8) is 0 Å². The van der Waals surface area contributed by atoms with Crippen LogP contribution >= 0.6 is 0 Å². The van der Waals surface area contributed by atoms with Crippen LogP contribution in [0.2, 0.25) is 0 Å². The Morgan fingerprint density at radius 2 is 2.04 bits per heavy atom.